The lowest BCUT2D eigenvalue weighted by molar-refractivity contribution is 0.0559. The maximum Gasteiger partial charge on any atom is 0.338 e. The third-order valence-corrected chi connectivity index (χ3v) is 3.26. The zero-order valence-corrected chi connectivity index (χ0v) is 11.4. The van der Waals surface area contributed by atoms with E-state index >= 15 is 0 Å². The largest absolute Gasteiger partial charge is 0.478 e. The molecule has 1 unspecified atom stereocenters. The summed E-state index contributed by atoms with van der Waals surface area (Å²) in [6.07, 6.45) is 1.98. The van der Waals surface area contributed by atoms with Gasteiger partial charge >= 0.3 is 12.0 Å². The average molecular weight is 296 g/mol. The van der Waals surface area contributed by atoms with Gasteiger partial charge in [0.15, 0.2) is 0 Å². The molecule has 1 aromatic carbocycles. The van der Waals surface area contributed by atoms with Crippen LogP contribution in [0.4, 0.5) is 14.9 Å². The molecule has 6 nitrogen and oxygen atoms in total. The number of halogens is 1. The first-order valence-electron chi connectivity index (χ1n) is 6.71. The number of hydrogen-bond donors (Lipinski definition) is 3. The molecule has 1 fully saturated rings. The predicted molar refractivity (Wildman–Crippen MR) is 73.9 cm³/mol. The lowest BCUT2D eigenvalue weighted by atomic mass is 10.0. The van der Waals surface area contributed by atoms with Crippen molar-refractivity contribution in [1.29, 1.82) is 0 Å². The second-order valence-corrected chi connectivity index (χ2v) is 4.92. The summed E-state index contributed by atoms with van der Waals surface area (Å²) in [6, 6.07) is 2.98. The van der Waals surface area contributed by atoms with Crippen molar-refractivity contribution in [2.45, 2.75) is 12.8 Å². The van der Waals surface area contributed by atoms with Crippen LogP contribution in [-0.4, -0.2) is 36.9 Å². The Kier molecular flexibility index (Phi) is 5.10. The van der Waals surface area contributed by atoms with Crippen LogP contribution in [0.2, 0.25) is 0 Å². The summed E-state index contributed by atoms with van der Waals surface area (Å²) in [5.74, 6) is -1.95. The Morgan fingerprint density at radius 2 is 2.24 bits per heavy atom. The zero-order valence-electron chi connectivity index (χ0n) is 11.4. The van der Waals surface area contributed by atoms with E-state index < -0.39 is 23.4 Å². The average Bonchev–Trinajstić information content (AvgIpc) is 2.46. The minimum atomic E-state index is -1.35. The second-order valence-electron chi connectivity index (χ2n) is 4.92. The normalized spacial score (nSPS) is 18.0. The molecule has 0 aromatic heterocycles. The van der Waals surface area contributed by atoms with E-state index in [1.54, 1.807) is 0 Å². The molecular weight excluding hydrogens is 279 g/mol. The number of benzene rings is 1. The van der Waals surface area contributed by atoms with Crippen molar-refractivity contribution in [2.75, 3.05) is 25.1 Å². The molecule has 1 aromatic rings. The molecule has 1 aliphatic heterocycles. The second kappa shape index (κ2) is 7.03. The summed E-state index contributed by atoms with van der Waals surface area (Å²) in [4.78, 5) is 22.4. The van der Waals surface area contributed by atoms with Crippen molar-refractivity contribution in [3.05, 3.63) is 29.6 Å². The van der Waals surface area contributed by atoms with Gasteiger partial charge in [0.05, 0.1) is 12.2 Å². The van der Waals surface area contributed by atoms with Crippen LogP contribution in [0.25, 0.3) is 0 Å². The highest BCUT2D eigenvalue weighted by atomic mass is 19.1. The summed E-state index contributed by atoms with van der Waals surface area (Å²) >= 11 is 0. The number of nitrogens with one attached hydrogen (secondary N) is 2. The summed E-state index contributed by atoms with van der Waals surface area (Å²) in [5.41, 5.74) is -0.227. The molecule has 0 spiro atoms. The van der Waals surface area contributed by atoms with Gasteiger partial charge in [-0.05, 0) is 37.0 Å². The van der Waals surface area contributed by atoms with Gasteiger partial charge in [-0.1, -0.05) is 0 Å². The molecule has 0 bridgehead atoms. The highest BCUT2D eigenvalue weighted by Gasteiger charge is 2.15. The number of rotatable bonds is 4. The van der Waals surface area contributed by atoms with Crippen LogP contribution in [0.3, 0.4) is 0 Å². The van der Waals surface area contributed by atoms with Crippen LogP contribution in [0.1, 0.15) is 23.2 Å². The van der Waals surface area contributed by atoms with Gasteiger partial charge in [0.25, 0.3) is 0 Å². The number of carboxylic acid groups (broad SMARTS) is 1. The summed E-state index contributed by atoms with van der Waals surface area (Å²) < 4.78 is 18.8. The van der Waals surface area contributed by atoms with Crippen molar-refractivity contribution < 1.29 is 23.8 Å². The molecule has 114 valence electrons. The molecule has 1 atom stereocenters. The van der Waals surface area contributed by atoms with Gasteiger partial charge in [-0.15, -0.1) is 0 Å². The van der Waals surface area contributed by atoms with E-state index in [9.17, 15) is 14.0 Å². The number of anilines is 1. The number of aromatic carboxylic acids is 1. The lowest BCUT2D eigenvalue weighted by Crippen LogP contribution is -2.35. The number of carbonyl (C=O) groups excluding carboxylic acids is 1. The third kappa shape index (κ3) is 4.42. The fourth-order valence-corrected chi connectivity index (χ4v) is 2.15. The summed E-state index contributed by atoms with van der Waals surface area (Å²) in [5, 5.41) is 13.9. The Labute approximate surface area is 121 Å². The van der Waals surface area contributed by atoms with E-state index in [4.69, 9.17) is 9.84 Å². The molecule has 0 radical (unpaired) electrons. The number of amides is 2. The van der Waals surface area contributed by atoms with E-state index in [2.05, 4.69) is 10.6 Å². The van der Waals surface area contributed by atoms with Gasteiger partial charge in [0.1, 0.15) is 5.82 Å². The quantitative estimate of drug-likeness (QED) is 0.793. The van der Waals surface area contributed by atoms with Crippen molar-refractivity contribution in [3.63, 3.8) is 0 Å². The first-order valence-corrected chi connectivity index (χ1v) is 6.71. The van der Waals surface area contributed by atoms with E-state index in [-0.39, 0.29) is 11.6 Å². The van der Waals surface area contributed by atoms with Crippen LogP contribution < -0.4 is 10.6 Å². The summed E-state index contributed by atoms with van der Waals surface area (Å²) in [6.45, 7) is 1.88. The lowest BCUT2D eigenvalue weighted by Gasteiger charge is -2.22. The van der Waals surface area contributed by atoms with Crippen molar-refractivity contribution in [2.24, 2.45) is 5.92 Å². The Morgan fingerprint density at radius 1 is 1.43 bits per heavy atom. The molecular formula is C14H17FN2O4. The highest BCUT2D eigenvalue weighted by Crippen LogP contribution is 2.15. The standard InChI is InChI=1S/C14H17FN2O4/c15-12-6-10(3-4-11(12)13(18)19)17-14(20)16-7-9-2-1-5-21-8-9/h3-4,6,9H,1-2,5,7-8H2,(H,18,19)(H2,16,17,20). The van der Waals surface area contributed by atoms with E-state index in [1.807, 2.05) is 0 Å². The Balaban J connectivity index is 1.84. The molecule has 2 amide bonds. The van der Waals surface area contributed by atoms with Crippen LogP contribution in [0, 0.1) is 11.7 Å². The third-order valence-electron chi connectivity index (χ3n) is 3.26. The van der Waals surface area contributed by atoms with E-state index in [1.165, 1.54) is 6.07 Å². The van der Waals surface area contributed by atoms with Gasteiger partial charge in [0, 0.05) is 18.8 Å². The number of ether oxygens (including phenoxy) is 1. The first kappa shape index (κ1) is 15.2. The number of hydrogen-bond acceptors (Lipinski definition) is 3. The molecule has 2 rings (SSSR count). The molecule has 7 heteroatoms. The molecule has 0 aliphatic carbocycles. The first-order chi connectivity index (χ1) is 10.1. The molecule has 0 saturated carbocycles. The monoisotopic (exact) mass is 296 g/mol. The summed E-state index contributed by atoms with van der Waals surface area (Å²) in [7, 11) is 0. The maximum atomic E-state index is 13.5. The van der Waals surface area contributed by atoms with Crippen molar-refractivity contribution in [3.8, 4) is 0 Å². The van der Waals surface area contributed by atoms with Crippen LogP contribution >= 0.6 is 0 Å². The predicted octanol–water partition coefficient (Wildman–Crippen LogP) is 2.07. The maximum absolute atomic E-state index is 13.5. The minimum absolute atomic E-state index is 0.204. The Morgan fingerprint density at radius 3 is 2.86 bits per heavy atom. The zero-order chi connectivity index (χ0) is 15.2. The van der Waals surface area contributed by atoms with Gasteiger partial charge in [0.2, 0.25) is 0 Å². The highest BCUT2D eigenvalue weighted by molar-refractivity contribution is 5.91. The fraction of sp³-hybridized carbons (Fsp3) is 0.429. The number of carbonyl (C=O) groups is 2. The van der Waals surface area contributed by atoms with Crippen LogP contribution in [0.5, 0.6) is 0 Å². The number of urea groups is 1. The molecule has 1 heterocycles. The van der Waals surface area contributed by atoms with Crippen molar-refractivity contribution >= 4 is 17.7 Å². The van der Waals surface area contributed by atoms with Gasteiger partial charge < -0.3 is 20.5 Å². The topological polar surface area (TPSA) is 87.7 Å². The molecule has 1 saturated heterocycles. The Bertz CT molecular complexity index is 530. The van der Waals surface area contributed by atoms with Gasteiger partial charge in [-0.25, -0.2) is 14.0 Å². The molecule has 21 heavy (non-hydrogen) atoms. The van der Waals surface area contributed by atoms with Gasteiger partial charge in [-0.3, -0.25) is 0 Å². The van der Waals surface area contributed by atoms with Crippen molar-refractivity contribution in [1.82, 2.24) is 5.32 Å². The minimum Gasteiger partial charge on any atom is -0.478 e. The van der Waals surface area contributed by atoms with E-state index in [0.29, 0.717) is 13.2 Å². The molecule has 1 aliphatic rings. The SMILES string of the molecule is O=C(NCC1CCCOC1)Nc1ccc(C(=O)O)c(F)c1. The van der Waals surface area contributed by atoms with Crippen LogP contribution in [-0.2, 0) is 4.74 Å². The Hall–Kier alpha value is -2.15. The van der Waals surface area contributed by atoms with Crippen LogP contribution in [0.15, 0.2) is 18.2 Å². The number of carboxylic acids is 1. The smallest absolute Gasteiger partial charge is 0.338 e. The van der Waals surface area contributed by atoms with E-state index in [0.717, 1.165) is 31.6 Å². The fourth-order valence-electron chi connectivity index (χ4n) is 2.15. The van der Waals surface area contributed by atoms with Gasteiger partial charge in [-0.2, -0.15) is 0 Å². The molecule has 3 N–H and O–H groups in total.